The van der Waals surface area contributed by atoms with Gasteiger partial charge in [0.05, 0.1) is 43.0 Å². The zero-order valence-electron chi connectivity index (χ0n) is 16.8. The first-order valence-corrected chi connectivity index (χ1v) is 10.4. The predicted molar refractivity (Wildman–Crippen MR) is 122 cm³/mol. The van der Waals surface area contributed by atoms with Crippen molar-refractivity contribution in [3.63, 3.8) is 0 Å². The summed E-state index contributed by atoms with van der Waals surface area (Å²) in [7, 11) is 0. The zero-order valence-corrected chi connectivity index (χ0v) is 17.6. The molecule has 4 N–H and O–H groups in total. The number of benzene rings is 1. The zero-order chi connectivity index (χ0) is 23.1. The molecule has 0 bridgehead atoms. The summed E-state index contributed by atoms with van der Waals surface area (Å²) in [6.45, 7) is 0.0734. The molecule has 0 radical (unpaired) electrons. The number of thiazole rings is 1. The minimum absolute atomic E-state index is 0. The highest BCUT2D eigenvalue weighted by molar-refractivity contribution is 7.13. The quantitative estimate of drug-likeness (QED) is 0.217. The van der Waals surface area contributed by atoms with E-state index < -0.39 is 18.0 Å². The predicted octanol–water partition coefficient (Wildman–Crippen LogP) is 1.58. The SMILES string of the molecule is C.N=CN(CCNC(=O)Cc1csc(NC=O)n1)c1ccc(N2CC(CO)OC2=O)cc1F. The second-order valence-corrected chi connectivity index (χ2v) is 7.55. The van der Waals surface area contributed by atoms with Gasteiger partial charge in [0.2, 0.25) is 12.3 Å². The molecule has 1 fully saturated rings. The largest absolute Gasteiger partial charge is 0.441 e. The number of aromatic nitrogens is 1. The number of nitrogens with zero attached hydrogens (tertiary/aromatic N) is 3. The Hall–Kier alpha value is -3.58. The second-order valence-electron chi connectivity index (χ2n) is 6.69. The molecule has 13 heteroatoms. The van der Waals surface area contributed by atoms with Crippen molar-refractivity contribution >= 4 is 52.6 Å². The maximum Gasteiger partial charge on any atom is 0.414 e. The molecule has 0 aliphatic carbocycles. The number of anilines is 3. The first-order chi connectivity index (χ1) is 15.4. The van der Waals surface area contributed by atoms with Crippen molar-refractivity contribution in [1.29, 1.82) is 5.41 Å². The van der Waals surface area contributed by atoms with Crippen LogP contribution in [0.5, 0.6) is 0 Å². The Morgan fingerprint density at radius 2 is 2.27 bits per heavy atom. The average molecular weight is 481 g/mol. The van der Waals surface area contributed by atoms with E-state index in [1.807, 2.05) is 0 Å². The first-order valence-electron chi connectivity index (χ1n) is 9.52. The summed E-state index contributed by atoms with van der Waals surface area (Å²) in [5, 5.41) is 23.8. The van der Waals surface area contributed by atoms with Crippen LogP contribution in [0.15, 0.2) is 23.6 Å². The molecule has 1 unspecified atom stereocenters. The Morgan fingerprint density at radius 1 is 1.48 bits per heavy atom. The van der Waals surface area contributed by atoms with Crippen molar-refractivity contribution < 1.29 is 28.6 Å². The summed E-state index contributed by atoms with van der Waals surface area (Å²) < 4.78 is 19.6. The molecule has 1 atom stereocenters. The van der Waals surface area contributed by atoms with E-state index in [4.69, 9.17) is 15.3 Å². The van der Waals surface area contributed by atoms with Gasteiger partial charge in [0, 0.05) is 18.5 Å². The van der Waals surface area contributed by atoms with Gasteiger partial charge < -0.3 is 25.4 Å². The number of nitrogens with one attached hydrogen (secondary N) is 3. The van der Waals surface area contributed by atoms with Crippen molar-refractivity contribution in [2.75, 3.05) is 41.4 Å². The lowest BCUT2D eigenvalue weighted by atomic mass is 10.2. The Labute approximate surface area is 193 Å². The van der Waals surface area contributed by atoms with Crippen LogP contribution in [-0.2, 0) is 20.7 Å². The van der Waals surface area contributed by atoms with E-state index >= 15 is 0 Å². The Bertz CT molecular complexity index is 1000. The van der Waals surface area contributed by atoms with Gasteiger partial charge in [-0.3, -0.25) is 19.9 Å². The fourth-order valence-electron chi connectivity index (χ4n) is 3.03. The van der Waals surface area contributed by atoms with Gasteiger partial charge >= 0.3 is 6.09 Å². The van der Waals surface area contributed by atoms with E-state index in [0.29, 0.717) is 17.2 Å². The molecular weight excluding hydrogens is 455 g/mol. The number of rotatable bonds is 11. The third kappa shape index (κ3) is 6.46. The Kier molecular flexibility index (Phi) is 9.24. The highest BCUT2D eigenvalue weighted by Gasteiger charge is 2.32. The van der Waals surface area contributed by atoms with Crippen LogP contribution in [0.3, 0.4) is 0 Å². The fourth-order valence-corrected chi connectivity index (χ4v) is 3.70. The molecule has 0 spiro atoms. The molecule has 2 aromatic rings. The van der Waals surface area contributed by atoms with Crippen LogP contribution < -0.4 is 20.4 Å². The van der Waals surface area contributed by atoms with E-state index in [1.165, 1.54) is 33.3 Å². The number of ether oxygens (including phenoxy) is 1. The molecule has 33 heavy (non-hydrogen) atoms. The topological polar surface area (TPSA) is 148 Å². The third-order valence-corrected chi connectivity index (χ3v) is 5.36. The maximum absolute atomic E-state index is 14.7. The highest BCUT2D eigenvalue weighted by Crippen LogP contribution is 2.27. The minimum Gasteiger partial charge on any atom is -0.441 e. The second kappa shape index (κ2) is 11.9. The van der Waals surface area contributed by atoms with Crippen LogP contribution in [0.2, 0.25) is 0 Å². The standard InChI is InChI=1S/C19H21FN6O5S.CH4/c20-15-6-13(26-7-14(8-27)31-19(26)30)1-2-16(15)25(10-21)4-3-22-17(29)5-12-9-32-18(24-12)23-11-28;/h1-2,6,9-11,14,21,27H,3-5,7-8H2,(H,22,29)(H,23,24,28);1H4. The molecule has 11 nitrogen and oxygen atoms in total. The van der Waals surface area contributed by atoms with Gasteiger partial charge in [0.15, 0.2) is 5.13 Å². The van der Waals surface area contributed by atoms with Crippen molar-refractivity contribution in [3.8, 4) is 0 Å². The summed E-state index contributed by atoms with van der Waals surface area (Å²) in [5.41, 5.74) is 0.886. The molecule has 3 amide bonds. The molecule has 0 saturated carbocycles. The van der Waals surface area contributed by atoms with Gasteiger partial charge in [-0.05, 0) is 18.2 Å². The smallest absolute Gasteiger partial charge is 0.414 e. The van der Waals surface area contributed by atoms with Gasteiger partial charge in [-0.25, -0.2) is 14.2 Å². The van der Waals surface area contributed by atoms with Gasteiger partial charge in [-0.2, -0.15) is 0 Å². The third-order valence-electron chi connectivity index (χ3n) is 4.54. The van der Waals surface area contributed by atoms with Crippen LogP contribution in [0.4, 0.5) is 25.7 Å². The summed E-state index contributed by atoms with van der Waals surface area (Å²) in [4.78, 5) is 41.0. The summed E-state index contributed by atoms with van der Waals surface area (Å²) >= 11 is 1.20. The van der Waals surface area contributed by atoms with E-state index in [9.17, 15) is 18.8 Å². The molecule has 1 aromatic heterocycles. The van der Waals surface area contributed by atoms with E-state index in [-0.39, 0.29) is 57.4 Å². The van der Waals surface area contributed by atoms with Crippen LogP contribution >= 0.6 is 11.3 Å². The molecule has 1 aliphatic heterocycles. The number of aliphatic hydroxyl groups is 1. The summed E-state index contributed by atoms with van der Waals surface area (Å²) in [6, 6.07) is 4.09. The van der Waals surface area contributed by atoms with Crippen molar-refractivity contribution in [1.82, 2.24) is 10.3 Å². The van der Waals surface area contributed by atoms with Crippen molar-refractivity contribution in [3.05, 3.63) is 35.1 Å². The number of aliphatic hydroxyl groups excluding tert-OH is 1. The number of hydrogen-bond donors (Lipinski definition) is 4. The summed E-state index contributed by atoms with van der Waals surface area (Å²) in [6.07, 6.45) is 0.128. The van der Waals surface area contributed by atoms with E-state index in [2.05, 4.69) is 15.6 Å². The Morgan fingerprint density at radius 3 is 2.91 bits per heavy atom. The molecule has 1 aliphatic rings. The summed E-state index contributed by atoms with van der Waals surface area (Å²) in [5.74, 6) is -0.963. The Balaban J connectivity index is 0.00000385. The van der Waals surface area contributed by atoms with Crippen molar-refractivity contribution in [2.45, 2.75) is 20.0 Å². The number of amides is 3. The van der Waals surface area contributed by atoms with Crippen LogP contribution in [0, 0.1) is 11.2 Å². The van der Waals surface area contributed by atoms with Gasteiger partial charge in [-0.15, -0.1) is 11.3 Å². The van der Waals surface area contributed by atoms with Crippen LogP contribution in [0.25, 0.3) is 0 Å². The minimum atomic E-state index is -0.669. The highest BCUT2D eigenvalue weighted by atomic mass is 32.1. The lowest BCUT2D eigenvalue weighted by Gasteiger charge is -2.21. The molecule has 178 valence electrons. The molecule has 2 heterocycles. The lowest BCUT2D eigenvalue weighted by molar-refractivity contribution is -0.120. The fraction of sp³-hybridized carbons (Fsp3) is 0.350. The van der Waals surface area contributed by atoms with E-state index in [0.717, 1.165) is 12.4 Å². The van der Waals surface area contributed by atoms with Gasteiger partial charge in [-0.1, -0.05) is 7.43 Å². The number of hydrogen-bond acceptors (Lipinski definition) is 8. The average Bonchev–Trinajstić information content (AvgIpc) is 3.37. The van der Waals surface area contributed by atoms with E-state index in [1.54, 1.807) is 5.38 Å². The number of carbonyl (C=O) groups is 3. The molecule has 1 saturated heterocycles. The molecule has 1 aromatic carbocycles. The van der Waals surface area contributed by atoms with Gasteiger partial charge in [0.1, 0.15) is 11.9 Å². The van der Waals surface area contributed by atoms with Crippen LogP contribution in [0.1, 0.15) is 13.1 Å². The number of carbonyl (C=O) groups excluding carboxylic acids is 3. The normalized spacial score (nSPS) is 14.8. The van der Waals surface area contributed by atoms with Crippen molar-refractivity contribution in [2.24, 2.45) is 0 Å². The number of cyclic esters (lactones) is 1. The van der Waals surface area contributed by atoms with Crippen LogP contribution in [-0.4, -0.2) is 67.2 Å². The molecular formula is C20H25FN6O5S. The maximum atomic E-state index is 14.7. The van der Waals surface area contributed by atoms with Gasteiger partial charge in [0.25, 0.3) is 0 Å². The molecule has 3 rings (SSSR count). The first kappa shape index (κ1) is 25.7. The lowest BCUT2D eigenvalue weighted by Crippen LogP contribution is -2.35. The number of halogens is 1. The monoisotopic (exact) mass is 480 g/mol.